The zero-order valence-corrected chi connectivity index (χ0v) is 19.4. The van der Waals surface area contributed by atoms with Gasteiger partial charge in [0.15, 0.2) is 0 Å². The van der Waals surface area contributed by atoms with E-state index < -0.39 is 0 Å². The summed E-state index contributed by atoms with van der Waals surface area (Å²) in [5.41, 5.74) is 2.81. The monoisotopic (exact) mass is 451 g/mol. The van der Waals surface area contributed by atoms with Gasteiger partial charge in [0, 0.05) is 62.6 Å². The largest absolute Gasteiger partial charge is 0.353 e. The maximum Gasteiger partial charge on any atom is 0.254 e. The van der Waals surface area contributed by atoms with Crippen LogP contribution in [-0.4, -0.2) is 46.0 Å². The van der Waals surface area contributed by atoms with E-state index in [-0.39, 0.29) is 35.4 Å². The molecule has 6 heteroatoms. The first-order valence-electron chi connectivity index (χ1n) is 11.5. The first-order valence-corrected chi connectivity index (χ1v) is 11.5. The molecule has 174 valence electrons. The lowest BCUT2D eigenvalue weighted by molar-refractivity contribution is 0.0668. The van der Waals surface area contributed by atoms with Crippen molar-refractivity contribution in [2.75, 3.05) is 19.6 Å². The Morgan fingerprint density at radius 1 is 1.00 bits per heavy atom. The molecule has 0 bridgehead atoms. The lowest BCUT2D eigenvalue weighted by Crippen LogP contribution is -2.42. The SMILES string of the molecule is CC(C)N(C[C@H]1CN(Cc2cccn2C)C[C@H]1c1ccc(F)cc1)C(=O)c1ccc(F)cc1. The zero-order valence-electron chi connectivity index (χ0n) is 19.4. The molecule has 1 aliphatic rings. The molecule has 1 saturated heterocycles. The molecule has 0 saturated carbocycles. The summed E-state index contributed by atoms with van der Waals surface area (Å²) in [7, 11) is 2.04. The Kier molecular flexibility index (Phi) is 6.94. The van der Waals surface area contributed by atoms with E-state index in [1.54, 1.807) is 12.1 Å². The molecule has 1 fully saturated rings. The van der Waals surface area contributed by atoms with Crippen molar-refractivity contribution < 1.29 is 13.6 Å². The van der Waals surface area contributed by atoms with E-state index in [0.29, 0.717) is 12.1 Å². The minimum atomic E-state index is -0.355. The minimum absolute atomic E-state index is 0.00153. The summed E-state index contributed by atoms with van der Waals surface area (Å²) in [5, 5.41) is 0. The molecule has 2 aromatic carbocycles. The zero-order chi connectivity index (χ0) is 23.5. The van der Waals surface area contributed by atoms with Crippen LogP contribution in [-0.2, 0) is 13.6 Å². The van der Waals surface area contributed by atoms with Gasteiger partial charge >= 0.3 is 0 Å². The van der Waals surface area contributed by atoms with Gasteiger partial charge in [-0.1, -0.05) is 12.1 Å². The number of aromatic nitrogens is 1. The second kappa shape index (κ2) is 9.87. The van der Waals surface area contributed by atoms with E-state index in [2.05, 4.69) is 15.5 Å². The highest BCUT2D eigenvalue weighted by Crippen LogP contribution is 2.35. The van der Waals surface area contributed by atoms with Gasteiger partial charge in [0.2, 0.25) is 0 Å². The number of amides is 1. The Balaban J connectivity index is 1.57. The number of benzene rings is 2. The predicted octanol–water partition coefficient (Wildman–Crippen LogP) is 5.07. The first-order chi connectivity index (χ1) is 15.8. The van der Waals surface area contributed by atoms with E-state index in [1.165, 1.54) is 30.0 Å². The Hall–Kier alpha value is -2.99. The fraction of sp³-hybridized carbons (Fsp3) is 0.370. The van der Waals surface area contributed by atoms with Gasteiger partial charge in [0.25, 0.3) is 5.91 Å². The van der Waals surface area contributed by atoms with Crippen molar-refractivity contribution in [2.24, 2.45) is 13.0 Å². The topological polar surface area (TPSA) is 28.5 Å². The van der Waals surface area contributed by atoms with Crippen LogP contribution < -0.4 is 0 Å². The number of hydrogen-bond acceptors (Lipinski definition) is 2. The Labute approximate surface area is 194 Å². The van der Waals surface area contributed by atoms with Gasteiger partial charge in [0.05, 0.1) is 0 Å². The van der Waals surface area contributed by atoms with Crippen molar-refractivity contribution >= 4 is 5.91 Å². The van der Waals surface area contributed by atoms with E-state index in [9.17, 15) is 13.6 Å². The predicted molar refractivity (Wildman–Crippen MR) is 126 cm³/mol. The Morgan fingerprint density at radius 3 is 2.21 bits per heavy atom. The van der Waals surface area contributed by atoms with Crippen molar-refractivity contribution in [3.63, 3.8) is 0 Å². The highest BCUT2D eigenvalue weighted by atomic mass is 19.1. The highest BCUT2D eigenvalue weighted by molar-refractivity contribution is 5.94. The Bertz CT molecular complexity index is 1080. The quantitative estimate of drug-likeness (QED) is 0.502. The second-order valence-corrected chi connectivity index (χ2v) is 9.28. The highest BCUT2D eigenvalue weighted by Gasteiger charge is 2.36. The third-order valence-electron chi connectivity index (χ3n) is 6.66. The standard InChI is InChI=1S/C27H31F2N3O/c1-19(2)32(27(33)21-8-12-24(29)13-9-21)16-22-15-31(17-25-5-4-14-30(25)3)18-26(22)20-6-10-23(28)11-7-20/h4-14,19,22,26H,15-18H2,1-3H3/t22-,26+/m1/s1. The summed E-state index contributed by atoms with van der Waals surface area (Å²) < 4.78 is 29.1. The van der Waals surface area contributed by atoms with Gasteiger partial charge in [-0.3, -0.25) is 9.69 Å². The molecule has 3 aromatic rings. The molecule has 0 spiro atoms. The molecular formula is C27H31F2N3O. The number of carbonyl (C=O) groups excluding carboxylic acids is 1. The molecule has 1 aromatic heterocycles. The van der Waals surface area contributed by atoms with Crippen molar-refractivity contribution in [1.29, 1.82) is 0 Å². The van der Waals surface area contributed by atoms with Gasteiger partial charge in [0.1, 0.15) is 11.6 Å². The summed E-state index contributed by atoms with van der Waals surface area (Å²) in [5.74, 6) is -0.310. The molecule has 2 heterocycles. The molecule has 1 aliphatic heterocycles. The smallest absolute Gasteiger partial charge is 0.254 e. The van der Waals surface area contributed by atoms with Gasteiger partial charge < -0.3 is 9.47 Å². The van der Waals surface area contributed by atoms with Crippen LogP contribution in [0.25, 0.3) is 0 Å². The van der Waals surface area contributed by atoms with Crippen LogP contribution in [0.3, 0.4) is 0 Å². The van der Waals surface area contributed by atoms with Crippen LogP contribution in [0.2, 0.25) is 0 Å². The third kappa shape index (κ3) is 5.33. The molecule has 33 heavy (non-hydrogen) atoms. The molecule has 4 rings (SSSR count). The molecule has 1 amide bonds. The summed E-state index contributed by atoms with van der Waals surface area (Å²) in [6.45, 7) is 7.10. The van der Waals surface area contributed by atoms with Crippen LogP contribution in [0.5, 0.6) is 0 Å². The third-order valence-corrected chi connectivity index (χ3v) is 6.66. The number of carbonyl (C=O) groups is 1. The molecule has 2 atom stereocenters. The number of rotatable bonds is 7. The van der Waals surface area contributed by atoms with Gasteiger partial charge in [-0.25, -0.2) is 8.78 Å². The number of likely N-dealkylation sites (tertiary alicyclic amines) is 1. The van der Waals surface area contributed by atoms with Crippen LogP contribution in [0.1, 0.15) is 41.4 Å². The van der Waals surface area contributed by atoms with Crippen molar-refractivity contribution in [1.82, 2.24) is 14.4 Å². The van der Waals surface area contributed by atoms with Crippen molar-refractivity contribution in [3.8, 4) is 0 Å². The molecular weight excluding hydrogens is 420 g/mol. The normalized spacial score (nSPS) is 18.7. The molecule has 0 N–H and O–H groups in total. The van der Waals surface area contributed by atoms with Gasteiger partial charge in [-0.2, -0.15) is 0 Å². The first kappa shape index (κ1) is 23.2. The molecule has 0 radical (unpaired) electrons. The van der Waals surface area contributed by atoms with E-state index in [0.717, 1.165) is 25.2 Å². The van der Waals surface area contributed by atoms with Crippen LogP contribution >= 0.6 is 0 Å². The van der Waals surface area contributed by atoms with Gasteiger partial charge in [-0.05, 0) is 73.9 Å². The average molecular weight is 452 g/mol. The fourth-order valence-corrected chi connectivity index (χ4v) is 4.79. The van der Waals surface area contributed by atoms with E-state index >= 15 is 0 Å². The molecule has 0 aliphatic carbocycles. The van der Waals surface area contributed by atoms with Crippen LogP contribution in [0.4, 0.5) is 8.78 Å². The van der Waals surface area contributed by atoms with Crippen LogP contribution in [0, 0.1) is 17.6 Å². The lowest BCUT2D eigenvalue weighted by Gasteiger charge is -2.32. The number of halogens is 2. The van der Waals surface area contributed by atoms with Crippen LogP contribution in [0.15, 0.2) is 66.9 Å². The van der Waals surface area contributed by atoms with Crippen molar-refractivity contribution in [2.45, 2.75) is 32.4 Å². The Morgan fingerprint density at radius 2 is 1.64 bits per heavy atom. The summed E-state index contributed by atoms with van der Waals surface area (Å²) in [4.78, 5) is 17.6. The fourth-order valence-electron chi connectivity index (χ4n) is 4.79. The summed E-state index contributed by atoms with van der Waals surface area (Å²) in [6.07, 6.45) is 2.04. The number of aryl methyl sites for hydroxylation is 1. The number of hydrogen-bond donors (Lipinski definition) is 0. The average Bonchev–Trinajstić information content (AvgIpc) is 3.38. The van der Waals surface area contributed by atoms with Crippen molar-refractivity contribution in [3.05, 3.63) is 95.3 Å². The van der Waals surface area contributed by atoms with E-state index in [4.69, 9.17) is 0 Å². The lowest BCUT2D eigenvalue weighted by atomic mass is 9.88. The second-order valence-electron chi connectivity index (χ2n) is 9.28. The number of nitrogens with zero attached hydrogens (tertiary/aromatic N) is 3. The maximum absolute atomic E-state index is 13.6. The van der Waals surface area contributed by atoms with Gasteiger partial charge in [-0.15, -0.1) is 0 Å². The summed E-state index contributed by atoms with van der Waals surface area (Å²) >= 11 is 0. The summed E-state index contributed by atoms with van der Waals surface area (Å²) in [6, 6.07) is 16.6. The minimum Gasteiger partial charge on any atom is -0.353 e. The van der Waals surface area contributed by atoms with E-state index in [1.807, 2.05) is 50.2 Å². The maximum atomic E-state index is 13.6. The molecule has 4 nitrogen and oxygen atoms in total. The molecule has 0 unspecified atom stereocenters.